The third-order valence-electron chi connectivity index (χ3n) is 1.83. The zero-order valence-electron chi connectivity index (χ0n) is 8.55. The van der Waals surface area contributed by atoms with E-state index in [1.165, 1.54) is 11.3 Å². The zero-order chi connectivity index (χ0) is 11.1. The minimum absolute atomic E-state index is 0.0290. The highest BCUT2D eigenvalue weighted by molar-refractivity contribution is 7.09. The molecule has 0 saturated carbocycles. The molecule has 6 heteroatoms. The minimum Gasteiger partial charge on any atom is -0.480 e. The maximum Gasteiger partial charge on any atom is 0.317 e. The predicted octanol–water partition coefficient (Wildman–Crippen LogP) is 0.676. The maximum absolute atomic E-state index is 10.6. The summed E-state index contributed by atoms with van der Waals surface area (Å²) in [5.41, 5.74) is 1.74. The minimum atomic E-state index is -0.824. The van der Waals surface area contributed by atoms with Crippen LogP contribution in [-0.4, -0.2) is 47.8 Å². The average Bonchev–Trinajstić information content (AvgIpc) is 2.66. The topological polar surface area (TPSA) is 62.7 Å². The zero-order valence-corrected chi connectivity index (χ0v) is 9.37. The number of methoxy groups -OCH3 is 1. The standard InChI is InChI=1S/C9H14N2O3S/c1-14-3-2-11(6-9(12)13)5-8-4-10-7-15-8/h4,7H,2-3,5-6H2,1H3,(H,12,13). The summed E-state index contributed by atoms with van der Waals surface area (Å²) >= 11 is 1.53. The quantitative estimate of drug-likeness (QED) is 0.746. The molecule has 1 aromatic heterocycles. The number of rotatable bonds is 7. The van der Waals surface area contributed by atoms with Crippen molar-refractivity contribution in [2.45, 2.75) is 6.54 Å². The number of ether oxygens (including phenoxy) is 1. The van der Waals surface area contributed by atoms with Crippen molar-refractivity contribution in [3.05, 3.63) is 16.6 Å². The third-order valence-corrected chi connectivity index (χ3v) is 2.60. The lowest BCUT2D eigenvalue weighted by Gasteiger charge is -2.18. The fraction of sp³-hybridized carbons (Fsp3) is 0.556. The van der Waals surface area contributed by atoms with E-state index < -0.39 is 5.97 Å². The second-order valence-corrected chi connectivity index (χ2v) is 4.04. The largest absolute Gasteiger partial charge is 0.480 e. The molecular formula is C9H14N2O3S. The molecule has 0 amide bonds. The van der Waals surface area contributed by atoms with Crippen LogP contribution in [0.1, 0.15) is 4.88 Å². The molecule has 0 aliphatic rings. The lowest BCUT2D eigenvalue weighted by Crippen LogP contribution is -2.31. The van der Waals surface area contributed by atoms with Gasteiger partial charge in [0, 0.05) is 31.3 Å². The SMILES string of the molecule is COCCN(CC(=O)O)Cc1cncs1. The number of thiazole rings is 1. The molecule has 0 saturated heterocycles. The molecule has 1 rings (SSSR count). The Labute approximate surface area is 92.3 Å². The second kappa shape index (κ2) is 6.49. The number of carboxylic acids is 1. The van der Waals surface area contributed by atoms with E-state index in [9.17, 15) is 4.79 Å². The van der Waals surface area contributed by atoms with Crippen LogP contribution in [0, 0.1) is 0 Å². The van der Waals surface area contributed by atoms with Gasteiger partial charge in [0.05, 0.1) is 18.7 Å². The summed E-state index contributed by atoms with van der Waals surface area (Å²) in [6.07, 6.45) is 1.76. The molecule has 0 aromatic carbocycles. The lowest BCUT2D eigenvalue weighted by atomic mass is 10.4. The molecule has 0 atom stereocenters. The van der Waals surface area contributed by atoms with Gasteiger partial charge in [-0.05, 0) is 0 Å². The summed E-state index contributed by atoms with van der Waals surface area (Å²) in [6.45, 7) is 1.79. The fourth-order valence-electron chi connectivity index (χ4n) is 1.17. The van der Waals surface area contributed by atoms with Gasteiger partial charge in [0.2, 0.25) is 0 Å². The fourth-order valence-corrected chi connectivity index (χ4v) is 1.80. The van der Waals surface area contributed by atoms with E-state index in [-0.39, 0.29) is 6.54 Å². The highest BCUT2D eigenvalue weighted by Crippen LogP contribution is 2.09. The Kier molecular flexibility index (Phi) is 5.23. The molecule has 0 fully saturated rings. The van der Waals surface area contributed by atoms with Gasteiger partial charge in [-0.25, -0.2) is 0 Å². The number of carbonyl (C=O) groups is 1. The van der Waals surface area contributed by atoms with Gasteiger partial charge in [0.1, 0.15) is 0 Å². The molecular weight excluding hydrogens is 216 g/mol. The summed E-state index contributed by atoms with van der Waals surface area (Å²) < 4.78 is 4.93. The smallest absolute Gasteiger partial charge is 0.317 e. The molecule has 0 radical (unpaired) electrons. The number of aliphatic carboxylic acids is 1. The van der Waals surface area contributed by atoms with Crippen molar-refractivity contribution in [3.8, 4) is 0 Å². The van der Waals surface area contributed by atoms with Crippen molar-refractivity contribution in [3.63, 3.8) is 0 Å². The Bertz CT molecular complexity index is 290. The van der Waals surface area contributed by atoms with E-state index in [0.717, 1.165) is 4.88 Å². The molecule has 15 heavy (non-hydrogen) atoms. The van der Waals surface area contributed by atoms with E-state index in [1.54, 1.807) is 18.8 Å². The normalized spacial score (nSPS) is 10.8. The molecule has 1 N–H and O–H groups in total. The van der Waals surface area contributed by atoms with E-state index in [4.69, 9.17) is 9.84 Å². The number of nitrogens with zero attached hydrogens (tertiary/aromatic N) is 2. The molecule has 84 valence electrons. The van der Waals surface area contributed by atoms with Crippen LogP contribution in [0.5, 0.6) is 0 Å². The van der Waals surface area contributed by atoms with Crippen molar-refractivity contribution in [2.24, 2.45) is 0 Å². The monoisotopic (exact) mass is 230 g/mol. The lowest BCUT2D eigenvalue weighted by molar-refractivity contribution is -0.138. The molecule has 1 aromatic rings. The van der Waals surface area contributed by atoms with Gasteiger partial charge in [-0.3, -0.25) is 14.7 Å². The first-order valence-electron chi connectivity index (χ1n) is 4.53. The van der Waals surface area contributed by atoms with E-state index in [0.29, 0.717) is 19.7 Å². The Morgan fingerprint density at radius 1 is 1.73 bits per heavy atom. The number of hydrogen-bond donors (Lipinski definition) is 1. The molecule has 0 aliphatic carbocycles. The predicted molar refractivity (Wildman–Crippen MR) is 56.9 cm³/mol. The van der Waals surface area contributed by atoms with Gasteiger partial charge in [0.15, 0.2) is 0 Å². The van der Waals surface area contributed by atoms with Crippen LogP contribution in [0.25, 0.3) is 0 Å². The highest BCUT2D eigenvalue weighted by atomic mass is 32.1. The van der Waals surface area contributed by atoms with Gasteiger partial charge >= 0.3 is 5.97 Å². The average molecular weight is 230 g/mol. The molecule has 0 unspecified atom stereocenters. The first kappa shape index (κ1) is 12.1. The summed E-state index contributed by atoms with van der Waals surface area (Å²) in [4.78, 5) is 17.4. The first-order valence-corrected chi connectivity index (χ1v) is 5.40. The molecule has 0 bridgehead atoms. The van der Waals surface area contributed by atoms with Crippen molar-refractivity contribution in [1.29, 1.82) is 0 Å². The number of aromatic nitrogens is 1. The van der Waals surface area contributed by atoms with Crippen LogP contribution in [0.2, 0.25) is 0 Å². The van der Waals surface area contributed by atoms with Gasteiger partial charge in [-0.15, -0.1) is 11.3 Å². The van der Waals surface area contributed by atoms with Crippen LogP contribution >= 0.6 is 11.3 Å². The Balaban J connectivity index is 2.44. The van der Waals surface area contributed by atoms with Crippen molar-refractivity contribution < 1.29 is 14.6 Å². The maximum atomic E-state index is 10.6. The molecule has 0 spiro atoms. The summed E-state index contributed by atoms with van der Waals surface area (Å²) in [7, 11) is 1.60. The number of carboxylic acid groups (broad SMARTS) is 1. The van der Waals surface area contributed by atoms with Crippen LogP contribution in [0.4, 0.5) is 0 Å². The van der Waals surface area contributed by atoms with Crippen molar-refractivity contribution in [1.82, 2.24) is 9.88 Å². The summed E-state index contributed by atoms with van der Waals surface area (Å²) in [5.74, 6) is -0.824. The second-order valence-electron chi connectivity index (χ2n) is 3.06. The van der Waals surface area contributed by atoms with Crippen molar-refractivity contribution >= 4 is 17.3 Å². The Morgan fingerprint density at radius 3 is 3.07 bits per heavy atom. The highest BCUT2D eigenvalue weighted by Gasteiger charge is 2.10. The third kappa shape index (κ3) is 4.87. The number of hydrogen-bond acceptors (Lipinski definition) is 5. The Morgan fingerprint density at radius 2 is 2.53 bits per heavy atom. The van der Waals surface area contributed by atoms with E-state index in [1.807, 2.05) is 4.90 Å². The van der Waals surface area contributed by atoms with Crippen LogP contribution in [0.15, 0.2) is 11.7 Å². The van der Waals surface area contributed by atoms with Gasteiger partial charge in [-0.1, -0.05) is 0 Å². The molecule has 0 aliphatic heterocycles. The van der Waals surface area contributed by atoms with Gasteiger partial charge in [-0.2, -0.15) is 0 Å². The summed E-state index contributed by atoms with van der Waals surface area (Å²) in [6, 6.07) is 0. The molecule has 5 nitrogen and oxygen atoms in total. The summed E-state index contributed by atoms with van der Waals surface area (Å²) in [5, 5.41) is 8.72. The van der Waals surface area contributed by atoms with Crippen LogP contribution in [0.3, 0.4) is 0 Å². The molecule has 1 heterocycles. The van der Waals surface area contributed by atoms with E-state index >= 15 is 0 Å². The Hall–Kier alpha value is -0.980. The van der Waals surface area contributed by atoms with E-state index in [2.05, 4.69) is 4.98 Å². The van der Waals surface area contributed by atoms with Gasteiger partial charge in [0.25, 0.3) is 0 Å². The van der Waals surface area contributed by atoms with Crippen LogP contribution in [-0.2, 0) is 16.1 Å². The van der Waals surface area contributed by atoms with Gasteiger partial charge < -0.3 is 9.84 Å². The van der Waals surface area contributed by atoms with Crippen molar-refractivity contribution in [2.75, 3.05) is 26.8 Å². The van der Waals surface area contributed by atoms with Crippen LogP contribution < -0.4 is 0 Å². The first-order chi connectivity index (χ1) is 7.22.